The van der Waals surface area contributed by atoms with E-state index in [0.717, 1.165) is 29.2 Å². The van der Waals surface area contributed by atoms with Gasteiger partial charge >= 0.3 is 12.4 Å². The number of alkyl halides is 6. The summed E-state index contributed by atoms with van der Waals surface area (Å²) in [7, 11) is 0. The van der Waals surface area contributed by atoms with E-state index in [0.29, 0.717) is 0 Å². The van der Waals surface area contributed by atoms with Gasteiger partial charge in [0.1, 0.15) is 5.82 Å². The smallest absolute Gasteiger partial charge is 0.224 e. The summed E-state index contributed by atoms with van der Waals surface area (Å²) in [5.41, 5.74) is -3.05. The Hall–Kier alpha value is -2.62. The van der Waals surface area contributed by atoms with Gasteiger partial charge in [-0.1, -0.05) is 24.3 Å². The van der Waals surface area contributed by atoms with Gasteiger partial charge in [0.2, 0.25) is 5.82 Å². The van der Waals surface area contributed by atoms with Crippen molar-refractivity contribution in [2.24, 2.45) is 0 Å². The van der Waals surface area contributed by atoms with E-state index in [4.69, 9.17) is 0 Å². The van der Waals surface area contributed by atoms with Crippen molar-refractivity contribution in [3.8, 4) is 22.4 Å². The molecule has 0 fully saturated rings. The summed E-state index contributed by atoms with van der Waals surface area (Å²) in [5, 5.41) is 0. The second kappa shape index (κ2) is 7.66. The maximum Gasteiger partial charge on any atom is 0.451 e. The second-order valence-electron chi connectivity index (χ2n) is 5.85. The molecular weight excluding hydrogens is 421 g/mol. The van der Waals surface area contributed by atoms with Gasteiger partial charge in [0, 0.05) is 16.0 Å². The van der Waals surface area contributed by atoms with Crippen LogP contribution >= 0.6 is 11.8 Å². The standard InChI is InChI=1S/C19H11F7N2S/c1-29-13-8-4-11(5-9-13)15-14(10-2-6-12(20)7-3-10)16(18(21,22)23)28-17(27-15)19(24,25)26/h2-9H,1H3. The number of halogens is 7. The van der Waals surface area contributed by atoms with Crippen molar-refractivity contribution in [1.82, 2.24) is 9.97 Å². The van der Waals surface area contributed by atoms with Crippen molar-refractivity contribution in [3.63, 3.8) is 0 Å². The molecule has 10 heteroatoms. The van der Waals surface area contributed by atoms with E-state index in [1.165, 1.54) is 23.9 Å². The molecule has 0 unspecified atom stereocenters. The highest BCUT2D eigenvalue weighted by molar-refractivity contribution is 7.98. The van der Waals surface area contributed by atoms with Crippen LogP contribution < -0.4 is 0 Å². The predicted molar refractivity (Wildman–Crippen MR) is 94.6 cm³/mol. The van der Waals surface area contributed by atoms with Gasteiger partial charge < -0.3 is 0 Å². The molecule has 3 aromatic rings. The van der Waals surface area contributed by atoms with Crippen LogP contribution in [-0.4, -0.2) is 16.2 Å². The third kappa shape index (κ3) is 4.52. The van der Waals surface area contributed by atoms with E-state index in [-0.39, 0.29) is 11.1 Å². The molecule has 0 bridgehead atoms. The summed E-state index contributed by atoms with van der Waals surface area (Å²) in [5.74, 6) is -2.61. The van der Waals surface area contributed by atoms with Gasteiger partial charge in [-0.25, -0.2) is 14.4 Å². The summed E-state index contributed by atoms with van der Waals surface area (Å²) in [6.07, 6.45) is -8.61. The predicted octanol–water partition coefficient (Wildman–Crippen LogP) is 6.71. The van der Waals surface area contributed by atoms with Crippen LogP contribution in [0.3, 0.4) is 0 Å². The first-order valence-corrected chi connectivity index (χ1v) is 9.20. The zero-order valence-electron chi connectivity index (χ0n) is 14.6. The highest BCUT2D eigenvalue weighted by atomic mass is 32.2. The van der Waals surface area contributed by atoms with Gasteiger partial charge in [-0.05, 0) is 36.1 Å². The third-order valence-corrected chi connectivity index (χ3v) is 4.67. The van der Waals surface area contributed by atoms with Crippen LogP contribution in [0, 0.1) is 5.82 Å². The average molecular weight is 432 g/mol. The normalized spacial score (nSPS) is 12.3. The lowest BCUT2D eigenvalue weighted by atomic mass is 9.97. The molecule has 0 spiro atoms. The Morgan fingerprint density at radius 3 is 1.76 bits per heavy atom. The molecule has 152 valence electrons. The van der Waals surface area contributed by atoms with Gasteiger partial charge in [-0.3, -0.25) is 0 Å². The lowest BCUT2D eigenvalue weighted by Crippen LogP contribution is -2.19. The van der Waals surface area contributed by atoms with Crippen LogP contribution in [0.5, 0.6) is 0 Å². The zero-order valence-corrected chi connectivity index (χ0v) is 15.4. The van der Waals surface area contributed by atoms with E-state index in [9.17, 15) is 30.7 Å². The van der Waals surface area contributed by atoms with Gasteiger partial charge in [-0.15, -0.1) is 11.8 Å². The molecule has 0 amide bonds. The highest BCUT2D eigenvalue weighted by Crippen LogP contribution is 2.42. The van der Waals surface area contributed by atoms with Crippen molar-refractivity contribution in [2.75, 3.05) is 6.26 Å². The Bertz CT molecular complexity index is 1010. The van der Waals surface area contributed by atoms with Gasteiger partial charge in [0.05, 0.1) is 5.69 Å². The van der Waals surface area contributed by atoms with Crippen LogP contribution in [0.15, 0.2) is 53.4 Å². The molecule has 2 nitrogen and oxygen atoms in total. The maximum absolute atomic E-state index is 13.7. The highest BCUT2D eigenvalue weighted by Gasteiger charge is 2.43. The lowest BCUT2D eigenvalue weighted by Gasteiger charge is -2.18. The fraction of sp³-hybridized carbons (Fsp3) is 0.158. The molecule has 3 rings (SSSR count). The SMILES string of the molecule is CSc1ccc(-c2nc(C(F)(F)F)nc(C(F)(F)F)c2-c2ccc(F)cc2)cc1. The Balaban J connectivity index is 2.39. The molecule has 0 radical (unpaired) electrons. The van der Waals surface area contributed by atoms with Crippen LogP contribution in [0.4, 0.5) is 30.7 Å². The Kier molecular flexibility index (Phi) is 5.57. The number of hydrogen-bond acceptors (Lipinski definition) is 3. The van der Waals surface area contributed by atoms with Gasteiger partial charge in [0.15, 0.2) is 5.69 Å². The minimum atomic E-state index is -5.19. The summed E-state index contributed by atoms with van der Waals surface area (Å²) < 4.78 is 93.9. The number of benzene rings is 2. The number of thioether (sulfide) groups is 1. The fourth-order valence-corrected chi connectivity index (χ4v) is 3.05. The average Bonchev–Trinajstić information content (AvgIpc) is 2.66. The largest absolute Gasteiger partial charge is 0.451 e. The first kappa shape index (κ1) is 21.1. The monoisotopic (exact) mass is 432 g/mol. The molecule has 0 aliphatic carbocycles. The Morgan fingerprint density at radius 1 is 0.724 bits per heavy atom. The topological polar surface area (TPSA) is 25.8 Å². The summed E-state index contributed by atoms with van der Waals surface area (Å²) in [6.45, 7) is 0. The van der Waals surface area contributed by atoms with Crippen LogP contribution in [0.2, 0.25) is 0 Å². The van der Waals surface area contributed by atoms with Crippen LogP contribution in [0.1, 0.15) is 11.5 Å². The molecule has 0 N–H and O–H groups in total. The van der Waals surface area contributed by atoms with Gasteiger partial charge in [-0.2, -0.15) is 26.3 Å². The van der Waals surface area contributed by atoms with E-state index < -0.39 is 40.9 Å². The molecule has 1 heterocycles. The summed E-state index contributed by atoms with van der Waals surface area (Å²) in [6, 6.07) is 9.76. The molecule has 29 heavy (non-hydrogen) atoms. The minimum absolute atomic E-state index is 0.0422. The Morgan fingerprint density at radius 2 is 1.28 bits per heavy atom. The van der Waals surface area contributed by atoms with Crippen molar-refractivity contribution >= 4 is 11.8 Å². The molecule has 0 saturated carbocycles. The second-order valence-corrected chi connectivity index (χ2v) is 6.73. The summed E-state index contributed by atoms with van der Waals surface area (Å²) in [4.78, 5) is 6.94. The van der Waals surface area contributed by atoms with Crippen LogP contribution in [-0.2, 0) is 12.4 Å². The van der Waals surface area contributed by atoms with Crippen molar-refractivity contribution in [3.05, 3.63) is 65.9 Å². The zero-order chi connectivity index (χ0) is 21.4. The molecule has 2 aromatic carbocycles. The quantitative estimate of drug-likeness (QED) is 0.340. The third-order valence-electron chi connectivity index (χ3n) is 3.93. The molecule has 0 atom stereocenters. The van der Waals surface area contributed by atoms with E-state index in [2.05, 4.69) is 9.97 Å². The molecule has 1 aromatic heterocycles. The minimum Gasteiger partial charge on any atom is -0.224 e. The first-order valence-electron chi connectivity index (χ1n) is 7.97. The fourth-order valence-electron chi connectivity index (χ4n) is 2.64. The van der Waals surface area contributed by atoms with E-state index >= 15 is 0 Å². The number of rotatable bonds is 3. The molecular formula is C19H11F7N2S. The van der Waals surface area contributed by atoms with E-state index in [1.54, 1.807) is 18.4 Å². The lowest BCUT2D eigenvalue weighted by molar-refractivity contribution is -0.152. The van der Waals surface area contributed by atoms with E-state index in [1.807, 2.05) is 0 Å². The van der Waals surface area contributed by atoms with Crippen LogP contribution in [0.25, 0.3) is 22.4 Å². The van der Waals surface area contributed by atoms with Crippen molar-refractivity contribution in [1.29, 1.82) is 0 Å². The maximum atomic E-state index is 13.7. The Labute approximate surface area is 164 Å². The molecule has 0 aliphatic rings. The number of nitrogens with zero attached hydrogens (tertiary/aromatic N) is 2. The number of aromatic nitrogens is 2. The van der Waals surface area contributed by atoms with Crippen molar-refractivity contribution < 1.29 is 30.7 Å². The first-order chi connectivity index (χ1) is 13.5. The summed E-state index contributed by atoms with van der Waals surface area (Å²) >= 11 is 1.36. The molecule has 0 aliphatic heterocycles. The van der Waals surface area contributed by atoms with Gasteiger partial charge in [0.25, 0.3) is 0 Å². The molecule has 0 saturated heterocycles. The van der Waals surface area contributed by atoms with Crippen molar-refractivity contribution in [2.45, 2.75) is 17.2 Å². The number of hydrogen-bond donors (Lipinski definition) is 0.